The van der Waals surface area contributed by atoms with Crippen LogP contribution in [0.2, 0.25) is 0 Å². The third-order valence-corrected chi connectivity index (χ3v) is 7.05. The Bertz CT molecular complexity index is 980. The number of carbonyl (C=O) groups excluding carboxylic acids is 2. The van der Waals surface area contributed by atoms with Gasteiger partial charge in [-0.1, -0.05) is 25.1 Å². The van der Waals surface area contributed by atoms with Gasteiger partial charge in [-0.3, -0.25) is 9.69 Å². The highest BCUT2D eigenvalue weighted by Gasteiger charge is 2.61. The van der Waals surface area contributed by atoms with Crippen LogP contribution in [0.4, 0.5) is 0 Å². The Balaban J connectivity index is 1.93. The van der Waals surface area contributed by atoms with Gasteiger partial charge in [0.05, 0.1) is 30.9 Å². The van der Waals surface area contributed by atoms with Crippen molar-refractivity contribution in [2.75, 3.05) is 20.2 Å². The number of para-hydroxylation sites is 1. The molecule has 1 aromatic heterocycles. The zero-order valence-corrected chi connectivity index (χ0v) is 15.7. The topological polar surface area (TPSA) is 71.8 Å². The lowest BCUT2D eigenvalue weighted by Gasteiger charge is -2.57. The molecule has 4 heterocycles. The third kappa shape index (κ3) is 1.92. The first-order chi connectivity index (χ1) is 13.0. The van der Waals surface area contributed by atoms with Crippen molar-refractivity contribution in [3.63, 3.8) is 0 Å². The molecule has 0 saturated carbocycles. The number of esters is 1. The number of aromatic nitrogens is 1. The fraction of sp³-hybridized carbons (Fsp3) is 0.524. The lowest BCUT2D eigenvalue weighted by molar-refractivity contribution is -0.193. The number of nitrogens with zero attached hydrogens (tertiary/aromatic N) is 2. The van der Waals surface area contributed by atoms with Crippen LogP contribution in [0.3, 0.4) is 0 Å². The van der Waals surface area contributed by atoms with Crippen molar-refractivity contribution in [1.82, 2.24) is 9.47 Å². The molecule has 0 spiro atoms. The summed E-state index contributed by atoms with van der Waals surface area (Å²) in [5.74, 6) is -0.593. The van der Waals surface area contributed by atoms with Crippen molar-refractivity contribution in [1.29, 1.82) is 0 Å². The molecule has 142 valence electrons. The van der Waals surface area contributed by atoms with Crippen molar-refractivity contribution in [2.45, 2.75) is 44.4 Å². The minimum atomic E-state index is -1.80. The van der Waals surface area contributed by atoms with Gasteiger partial charge in [-0.15, -0.1) is 0 Å². The van der Waals surface area contributed by atoms with E-state index >= 15 is 0 Å². The largest absolute Gasteiger partial charge is 0.465 e. The van der Waals surface area contributed by atoms with Gasteiger partial charge in [0.2, 0.25) is 5.72 Å². The molecule has 0 aliphatic carbocycles. The second-order valence-corrected chi connectivity index (χ2v) is 8.21. The third-order valence-electron chi connectivity index (χ3n) is 7.05. The molecule has 3 atom stereocenters. The molecule has 27 heavy (non-hydrogen) atoms. The average molecular weight is 368 g/mol. The molecule has 0 unspecified atom stereocenters. The molecule has 1 fully saturated rings. The molecule has 0 bridgehead atoms. The minimum Gasteiger partial charge on any atom is -0.465 e. The molecule has 5 rings (SSSR count). The van der Waals surface area contributed by atoms with Crippen molar-refractivity contribution >= 4 is 22.7 Å². The van der Waals surface area contributed by atoms with Crippen LogP contribution < -0.4 is 0 Å². The summed E-state index contributed by atoms with van der Waals surface area (Å²) < 4.78 is 6.75. The van der Waals surface area contributed by atoms with Crippen molar-refractivity contribution in [3.8, 4) is 0 Å². The first-order valence-corrected chi connectivity index (χ1v) is 9.69. The number of piperidine rings is 1. The molecule has 6 nitrogen and oxygen atoms in total. The number of fused-ring (bicyclic) bond motifs is 3. The lowest BCUT2D eigenvalue weighted by Crippen LogP contribution is -2.60. The smallest absolute Gasteiger partial charge is 0.359 e. The van der Waals surface area contributed by atoms with Gasteiger partial charge in [0, 0.05) is 17.4 Å². The molecular formula is C21H24N2O4. The Morgan fingerprint density at radius 3 is 2.89 bits per heavy atom. The quantitative estimate of drug-likeness (QED) is 0.825. The van der Waals surface area contributed by atoms with Crippen molar-refractivity contribution in [3.05, 3.63) is 35.5 Å². The molecule has 1 aromatic carbocycles. The summed E-state index contributed by atoms with van der Waals surface area (Å²) in [4.78, 5) is 28.2. The number of rotatable bonds is 2. The zero-order chi connectivity index (χ0) is 19.0. The fourth-order valence-corrected chi connectivity index (χ4v) is 5.97. The SMILES string of the molecule is CC[C@@]12CCCN3CC(=O)c4c(n(c5ccccc45)[C@@](O)(C(=O)OC)C1)[C@H]32. The molecule has 2 aromatic rings. The monoisotopic (exact) mass is 368 g/mol. The second kappa shape index (κ2) is 5.42. The Hall–Kier alpha value is -2.18. The molecule has 3 aliphatic heterocycles. The minimum absolute atomic E-state index is 0.0429. The van der Waals surface area contributed by atoms with Crippen molar-refractivity contribution < 1.29 is 19.4 Å². The summed E-state index contributed by atoms with van der Waals surface area (Å²) in [5, 5.41) is 12.5. The first-order valence-electron chi connectivity index (χ1n) is 9.69. The summed E-state index contributed by atoms with van der Waals surface area (Å²) in [6.45, 7) is 3.40. The second-order valence-electron chi connectivity index (χ2n) is 8.21. The van der Waals surface area contributed by atoms with Gasteiger partial charge < -0.3 is 14.4 Å². The standard InChI is InChI=1S/C21H24N2O4/c1-3-20-9-6-10-22-11-15(24)16-13-7-4-5-8-14(13)23(17(16)18(20)22)21(26,12-20)19(25)27-2/h4-5,7-8,18,26H,3,6,9-12H2,1-2H3/t18-,20+,21-/m0/s1. The molecule has 1 saturated heterocycles. The van der Waals surface area contributed by atoms with Gasteiger partial charge in [0.1, 0.15) is 0 Å². The maximum absolute atomic E-state index is 13.1. The van der Waals surface area contributed by atoms with E-state index in [0.717, 1.165) is 42.4 Å². The predicted octanol–water partition coefficient (Wildman–Crippen LogP) is 2.59. The summed E-state index contributed by atoms with van der Waals surface area (Å²) in [6.07, 6.45) is 3.04. The zero-order valence-electron chi connectivity index (χ0n) is 15.7. The van der Waals surface area contributed by atoms with Crippen LogP contribution in [0.25, 0.3) is 10.9 Å². The van der Waals surface area contributed by atoms with E-state index in [4.69, 9.17) is 4.74 Å². The van der Waals surface area contributed by atoms with E-state index in [0.29, 0.717) is 18.5 Å². The average Bonchev–Trinajstić information content (AvgIpc) is 3.03. The highest BCUT2D eigenvalue weighted by molar-refractivity contribution is 6.12. The number of hydrogen-bond donors (Lipinski definition) is 1. The van der Waals surface area contributed by atoms with E-state index < -0.39 is 11.7 Å². The van der Waals surface area contributed by atoms with Gasteiger partial charge in [-0.05, 0) is 37.3 Å². The Morgan fingerprint density at radius 1 is 1.37 bits per heavy atom. The fourth-order valence-electron chi connectivity index (χ4n) is 5.97. The summed E-state index contributed by atoms with van der Waals surface area (Å²) in [6, 6.07) is 7.61. The van der Waals surface area contributed by atoms with E-state index in [1.807, 2.05) is 24.3 Å². The number of aliphatic hydroxyl groups is 1. The van der Waals surface area contributed by atoms with Crippen LogP contribution in [-0.4, -0.2) is 46.5 Å². The predicted molar refractivity (Wildman–Crippen MR) is 99.4 cm³/mol. The van der Waals surface area contributed by atoms with Crippen LogP contribution in [-0.2, 0) is 15.3 Å². The first kappa shape index (κ1) is 17.0. The number of hydrogen-bond acceptors (Lipinski definition) is 5. The van der Waals surface area contributed by atoms with Gasteiger partial charge in [0.25, 0.3) is 0 Å². The molecule has 0 amide bonds. The summed E-state index contributed by atoms with van der Waals surface area (Å²) in [7, 11) is 1.31. The number of benzene rings is 1. The Labute approximate surface area is 157 Å². The van der Waals surface area contributed by atoms with Crippen LogP contribution in [0.15, 0.2) is 24.3 Å². The van der Waals surface area contributed by atoms with E-state index in [1.165, 1.54) is 7.11 Å². The van der Waals surface area contributed by atoms with Gasteiger partial charge in [-0.25, -0.2) is 4.79 Å². The highest BCUT2D eigenvalue weighted by atomic mass is 16.5. The molecular weight excluding hydrogens is 344 g/mol. The van der Waals surface area contributed by atoms with Gasteiger partial charge in [-0.2, -0.15) is 0 Å². The number of methoxy groups -OCH3 is 1. The van der Waals surface area contributed by atoms with E-state index in [2.05, 4.69) is 11.8 Å². The van der Waals surface area contributed by atoms with Crippen LogP contribution in [0.1, 0.15) is 54.7 Å². The molecule has 1 N–H and O–H groups in total. The van der Waals surface area contributed by atoms with Crippen LogP contribution in [0, 0.1) is 5.41 Å². The number of ether oxygens (including phenoxy) is 1. The van der Waals surface area contributed by atoms with E-state index in [9.17, 15) is 14.7 Å². The molecule has 6 heteroatoms. The highest BCUT2D eigenvalue weighted by Crippen LogP contribution is 2.60. The lowest BCUT2D eigenvalue weighted by atomic mass is 9.62. The summed E-state index contributed by atoms with van der Waals surface area (Å²) >= 11 is 0. The number of ketones is 1. The maximum Gasteiger partial charge on any atom is 0.359 e. The maximum atomic E-state index is 13.1. The Morgan fingerprint density at radius 2 is 2.15 bits per heavy atom. The summed E-state index contributed by atoms with van der Waals surface area (Å²) in [5.41, 5.74) is 0.151. The van der Waals surface area contributed by atoms with Gasteiger partial charge in [0.15, 0.2) is 5.78 Å². The molecule has 0 radical (unpaired) electrons. The van der Waals surface area contributed by atoms with E-state index in [-0.39, 0.29) is 17.2 Å². The normalized spacial score (nSPS) is 32.4. The van der Waals surface area contributed by atoms with Gasteiger partial charge >= 0.3 is 5.97 Å². The van der Waals surface area contributed by atoms with E-state index in [1.54, 1.807) is 4.57 Å². The van der Waals surface area contributed by atoms with Crippen LogP contribution >= 0.6 is 0 Å². The van der Waals surface area contributed by atoms with Crippen molar-refractivity contribution in [2.24, 2.45) is 5.41 Å². The molecule has 3 aliphatic rings. The number of Topliss-reactive ketones (excluding diaryl/α,β-unsaturated/α-hetero) is 1. The van der Waals surface area contributed by atoms with Crippen LogP contribution in [0.5, 0.6) is 0 Å². The number of carbonyl (C=O) groups is 2. The Kier molecular flexibility index (Phi) is 3.41.